The van der Waals surface area contributed by atoms with Gasteiger partial charge in [0, 0.05) is 24.9 Å². The summed E-state index contributed by atoms with van der Waals surface area (Å²) >= 11 is 0. The molecular formula is C14H17F3N2O2. The Hall–Kier alpha value is -1.76. The van der Waals surface area contributed by atoms with Gasteiger partial charge in [0.25, 0.3) is 5.91 Å². The van der Waals surface area contributed by atoms with Gasteiger partial charge in [-0.3, -0.25) is 4.79 Å². The normalized spacial score (nSPS) is 17.1. The molecule has 2 rings (SSSR count). The van der Waals surface area contributed by atoms with Crippen LogP contribution in [0.25, 0.3) is 0 Å². The van der Waals surface area contributed by atoms with Crippen molar-refractivity contribution in [2.75, 3.05) is 19.4 Å². The predicted molar refractivity (Wildman–Crippen MR) is 71.8 cm³/mol. The van der Waals surface area contributed by atoms with Crippen LogP contribution in [0, 0.1) is 0 Å². The van der Waals surface area contributed by atoms with Gasteiger partial charge in [-0.15, -0.1) is 0 Å². The first-order valence-electron chi connectivity index (χ1n) is 6.57. The number of carbonyl (C=O) groups excluding carboxylic acids is 1. The van der Waals surface area contributed by atoms with E-state index in [2.05, 4.69) is 5.32 Å². The van der Waals surface area contributed by atoms with E-state index in [1.807, 2.05) is 0 Å². The Labute approximate surface area is 120 Å². The summed E-state index contributed by atoms with van der Waals surface area (Å²) in [6.45, 7) is 0.286. The highest BCUT2D eigenvalue weighted by Crippen LogP contribution is 2.35. The summed E-state index contributed by atoms with van der Waals surface area (Å²) < 4.78 is 43.6. The number of anilines is 1. The van der Waals surface area contributed by atoms with Crippen molar-refractivity contribution in [3.63, 3.8) is 0 Å². The molecule has 3 N–H and O–H groups in total. The third kappa shape index (κ3) is 3.29. The van der Waals surface area contributed by atoms with E-state index in [9.17, 15) is 18.0 Å². The lowest BCUT2D eigenvalue weighted by Gasteiger charge is -2.40. The standard InChI is InChI=1S/C14H17F3N2O2/c1-21-13(5-2-6-13)8-19-12(20)9-3-4-11(18)10(7-9)14(15,16)17/h3-4,7H,2,5-6,8,18H2,1H3,(H,19,20). The fourth-order valence-corrected chi connectivity index (χ4v) is 2.31. The molecule has 0 radical (unpaired) electrons. The molecule has 1 aromatic carbocycles. The second kappa shape index (κ2) is 5.55. The van der Waals surface area contributed by atoms with Crippen LogP contribution in [-0.4, -0.2) is 25.2 Å². The summed E-state index contributed by atoms with van der Waals surface area (Å²) in [5.41, 5.74) is 3.46. The molecule has 116 valence electrons. The Morgan fingerprint density at radius 3 is 2.57 bits per heavy atom. The molecule has 0 unspecified atom stereocenters. The molecule has 1 fully saturated rings. The number of alkyl halides is 3. The van der Waals surface area contributed by atoms with Gasteiger partial charge in [0.1, 0.15) is 0 Å². The number of hydrogen-bond donors (Lipinski definition) is 2. The van der Waals surface area contributed by atoms with Gasteiger partial charge in [0.15, 0.2) is 0 Å². The summed E-state index contributed by atoms with van der Waals surface area (Å²) in [6.07, 6.45) is -1.90. The van der Waals surface area contributed by atoms with Crippen molar-refractivity contribution in [2.24, 2.45) is 0 Å². The van der Waals surface area contributed by atoms with E-state index in [1.54, 1.807) is 7.11 Å². The number of benzene rings is 1. The second-order valence-electron chi connectivity index (χ2n) is 5.22. The number of hydrogen-bond acceptors (Lipinski definition) is 3. The minimum absolute atomic E-state index is 0.0675. The molecule has 0 spiro atoms. The third-order valence-electron chi connectivity index (χ3n) is 3.89. The number of nitrogen functional groups attached to an aromatic ring is 1. The molecule has 0 aliphatic heterocycles. The predicted octanol–water partition coefficient (Wildman–Crippen LogP) is 2.59. The van der Waals surface area contributed by atoms with E-state index in [-0.39, 0.29) is 17.7 Å². The summed E-state index contributed by atoms with van der Waals surface area (Å²) in [5, 5.41) is 2.62. The maximum Gasteiger partial charge on any atom is 0.418 e. The van der Waals surface area contributed by atoms with Gasteiger partial charge in [-0.2, -0.15) is 13.2 Å². The van der Waals surface area contributed by atoms with Crippen LogP contribution in [0.2, 0.25) is 0 Å². The van der Waals surface area contributed by atoms with E-state index in [4.69, 9.17) is 10.5 Å². The minimum Gasteiger partial charge on any atom is -0.398 e. The van der Waals surface area contributed by atoms with Gasteiger partial charge < -0.3 is 15.8 Å². The van der Waals surface area contributed by atoms with E-state index in [1.165, 1.54) is 6.07 Å². The number of rotatable bonds is 4. The molecule has 0 atom stereocenters. The highest BCUT2D eigenvalue weighted by atomic mass is 19.4. The fraction of sp³-hybridized carbons (Fsp3) is 0.500. The van der Waals surface area contributed by atoms with E-state index in [0.29, 0.717) is 0 Å². The molecular weight excluding hydrogens is 285 g/mol. The molecule has 21 heavy (non-hydrogen) atoms. The minimum atomic E-state index is -4.58. The van der Waals surface area contributed by atoms with Crippen LogP contribution in [0.4, 0.5) is 18.9 Å². The summed E-state index contributed by atoms with van der Waals surface area (Å²) in [5.74, 6) is -0.566. The quantitative estimate of drug-likeness (QED) is 0.840. The lowest BCUT2D eigenvalue weighted by atomic mass is 9.80. The molecule has 0 bridgehead atoms. The number of methoxy groups -OCH3 is 1. The molecule has 1 amide bonds. The van der Waals surface area contributed by atoms with Gasteiger partial charge in [0.05, 0.1) is 11.2 Å². The first-order valence-corrected chi connectivity index (χ1v) is 6.57. The van der Waals surface area contributed by atoms with Gasteiger partial charge in [-0.25, -0.2) is 0 Å². The number of halogens is 3. The Bertz CT molecular complexity index is 534. The van der Waals surface area contributed by atoms with E-state index < -0.39 is 23.3 Å². The number of carbonyl (C=O) groups is 1. The molecule has 1 aromatic rings. The molecule has 7 heteroatoms. The third-order valence-corrected chi connectivity index (χ3v) is 3.89. The topological polar surface area (TPSA) is 64.3 Å². The second-order valence-corrected chi connectivity index (χ2v) is 5.22. The SMILES string of the molecule is COC1(CNC(=O)c2ccc(N)c(C(F)(F)F)c2)CCC1. The average molecular weight is 302 g/mol. The van der Waals surface area contributed by atoms with Crippen LogP contribution in [0.15, 0.2) is 18.2 Å². The summed E-state index contributed by atoms with van der Waals surface area (Å²) in [4.78, 5) is 12.0. The zero-order valence-corrected chi connectivity index (χ0v) is 11.6. The maximum atomic E-state index is 12.8. The molecule has 0 heterocycles. The lowest BCUT2D eigenvalue weighted by molar-refractivity contribution is -0.136. The largest absolute Gasteiger partial charge is 0.418 e. The van der Waals surface area contributed by atoms with Crippen LogP contribution in [0.1, 0.15) is 35.2 Å². The highest BCUT2D eigenvalue weighted by molar-refractivity contribution is 5.95. The average Bonchev–Trinajstić information content (AvgIpc) is 2.37. The Morgan fingerprint density at radius 2 is 2.10 bits per heavy atom. The highest BCUT2D eigenvalue weighted by Gasteiger charge is 2.37. The van der Waals surface area contributed by atoms with Gasteiger partial charge in [-0.1, -0.05) is 0 Å². The number of nitrogens with one attached hydrogen (secondary N) is 1. The first kappa shape index (κ1) is 15.6. The van der Waals surface area contributed by atoms with Crippen LogP contribution >= 0.6 is 0 Å². The summed E-state index contributed by atoms with van der Waals surface area (Å²) in [6, 6.07) is 3.14. The number of nitrogens with two attached hydrogens (primary N) is 1. The molecule has 1 saturated carbocycles. The zero-order chi connectivity index (χ0) is 15.7. The molecule has 0 aromatic heterocycles. The van der Waals surface area contributed by atoms with Crippen molar-refractivity contribution in [1.82, 2.24) is 5.32 Å². The molecule has 1 aliphatic rings. The van der Waals surface area contributed by atoms with Crippen molar-refractivity contribution in [2.45, 2.75) is 31.0 Å². The van der Waals surface area contributed by atoms with Crippen LogP contribution < -0.4 is 11.1 Å². The number of ether oxygens (including phenoxy) is 1. The van der Waals surface area contributed by atoms with Crippen molar-refractivity contribution >= 4 is 11.6 Å². The van der Waals surface area contributed by atoms with Crippen molar-refractivity contribution < 1.29 is 22.7 Å². The number of amides is 1. The van der Waals surface area contributed by atoms with Crippen molar-refractivity contribution in [3.05, 3.63) is 29.3 Å². The van der Waals surface area contributed by atoms with Gasteiger partial charge >= 0.3 is 6.18 Å². The van der Waals surface area contributed by atoms with Crippen LogP contribution in [-0.2, 0) is 10.9 Å². The zero-order valence-electron chi connectivity index (χ0n) is 11.6. The van der Waals surface area contributed by atoms with Crippen LogP contribution in [0.5, 0.6) is 0 Å². The van der Waals surface area contributed by atoms with E-state index in [0.717, 1.165) is 31.4 Å². The summed E-state index contributed by atoms with van der Waals surface area (Å²) in [7, 11) is 1.57. The molecule has 4 nitrogen and oxygen atoms in total. The Morgan fingerprint density at radius 1 is 1.43 bits per heavy atom. The van der Waals surface area contributed by atoms with E-state index >= 15 is 0 Å². The van der Waals surface area contributed by atoms with Gasteiger partial charge in [-0.05, 0) is 37.5 Å². The Kier molecular flexibility index (Phi) is 4.13. The van der Waals surface area contributed by atoms with Crippen LogP contribution in [0.3, 0.4) is 0 Å². The van der Waals surface area contributed by atoms with Crippen molar-refractivity contribution in [3.8, 4) is 0 Å². The lowest BCUT2D eigenvalue weighted by Crippen LogP contribution is -2.49. The smallest absolute Gasteiger partial charge is 0.398 e. The molecule has 0 saturated heterocycles. The maximum absolute atomic E-state index is 12.8. The molecule has 1 aliphatic carbocycles. The van der Waals surface area contributed by atoms with Crippen molar-refractivity contribution in [1.29, 1.82) is 0 Å². The fourth-order valence-electron chi connectivity index (χ4n) is 2.31. The first-order chi connectivity index (χ1) is 9.77. The Balaban J connectivity index is 2.09. The van der Waals surface area contributed by atoms with Gasteiger partial charge in [0.2, 0.25) is 0 Å². The monoisotopic (exact) mass is 302 g/mol.